The van der Waals surface area contributed by atoms with E-state index in [0.717, 1.165) is 59.2 Å². The molecule has 5 heterocycles. The zero-order chi connectivity index (χ0) is 21.4. The molecule has 0 radical (unpaired) electrons. The van der Waals surface area contributed by atoms with Gasteiger partial charge in [0.15, 0.2) is 0 Å². The molecule has 8 nitrogen and oxygen atoms in total. The fourth-order valence-electron chi connectivity index (χ4n) is 4.32. The highest BCUT2D eigenvalue weighted by Crippen LogP contribution is 2.32. The van der Waals surface area contributed by atoms with Crippen molar-refractivity contribution in [2.45, 2.75) is 19.4 Å². The van der Waals surface area contributed by atoms with E-state index in [-0.39, 0.29) is 0 Å². The minimum atomic E-state index is 0.399. The van der Waals surface area contributed by atoms with Gasteiger partial charge in [-0.25, -0.2) is 9.97 Å². The van der Waals surface area contributed by atoms with Gasteiger partial charge in [0, 0.05) is 55.8 Å². The molecule has 2 N–H and O–H groups in total. The number of nitrogens with zero attached hydrogens (tertiary/aromatic N) is 5. The first-order valence-electron chi connectivity index (χ1n) is 10.6. The maximum atomic E-state index is 5.62. The summed E-state index contributed by atoms with van der Waals surface area (Å²) >= 11 is 0. The quantitative estimate of drug-likeness (QED) is 0.501. The predicted octanol–water partition coefficient (Wildman–Crippen LogP) is 3.22. The molecule has 1 fully saturated rings. The minimum Gasteiger partial charge on any atom is -0.496 e. The number of rotatable bonds is 6. The first-order valence-corrected chi connectivity index (χ1v) is 10.6. The summed E-state index contributed by atoms with van der Waals surface area (Å²) < 4.78 is 9.47. The van der Waals surface area contributed by atoms with Crippen molar-refractivity contribution in [3.8, 4) is 28.3 Å². The van der Waals surface area contributed by atoms with Crippen LogP contribution in [0.1, 0.15) is 13.3 Å². The summed E-state index contributed by atoms with van der Waals surface area (Å²) in [5.41, 5.74) is 4.57. The Bertz CT molecular complexity index is 1210. The lowest BCUT2D eigenvalue weighted by molar-refractivity contribution is 0.416. The summed E-state index contributed by atoms with van der Waals surface area (Å²) in [4.78, 5) is 9.49. The summed E-state index contributed by atoms with van der Waals surface area (Å²) in [5, 5.41) is 11.4. The number of anilines is 1. The fourth-order valence-corrected chi connectivity index (χ4v) is 4.32. The third-order valence-corrected chi connectivity index (χ3v) is 6.05. The van der Waals surface area contributed by atoms with Gasteiger partial charge in [-0.3, -0.25) is 9.08 Å². The standard InChI is InChI=1S/C23H27N7O/c1-4-15-9-24-11-19(15)28-22-7-5-6-18(27-22)20-12-25-23-8-21(31-3)17(14-30(20)23)16-10-26-29(2)13-16/h5-8,10,12-15,19,24H,4,9,11H2,1-3H3,(H,27,28). The van der Waals surface area contributed by atoms with Crippen molar-refractivity contribution in [3.63, 3.8) is 0 Å². The lowest BCUT2D eigenvalue weighted by Gasteiger charge is -2.19. The molecule has 0 spiro atoms. The normalized spacial score (nSPS) is 18.5. The third kappa shape index (κ3) is 3.63. The monoisotopic (exact) mass is 417 g/mol. The van der Waals surface area contributed by atoms with Gasteiger partial charge < -0.3 is 15.4 Å². The molecule has 0 saturated carbocycles. The van der Waals surface area contributed by atoms with Crippen molar-refractivity contribution in [1.82, 2.24) is 29.5 Å². The van der Waals surface area contributed by atoms with Gasteiger partial charge in [0.1, 0.15) is 17.2 Å². The van der Waals surface area contributed by atoms with Gasteiger partial charge in [-0.2, -0.15) is 5.10 Å². The lowest BCUT2D eigenvalue weighted by Crippen LogP contribution is -2.28. The van der Waals surface area contributed by atoms with E-state index >= 15 is 0 Å². The van der Waals surface area contributed by atoms with Crippen LogP contribution in [0, 0.1) is 5.92 Å². The van der Waals surface area contributed by atoms with Crippen LogP contribution in [0.4, 0.5) is 5.82 Å². The van der Waals surface area contributed by atoms with Crippen molar-refractivity contribution in [2.75, 3.05) is 25.5 Å². The average Bonchev–Trinajstić information content (AvgIpc) is 3.52. The summed E-state index contributed by atoms with van der Waals surface area (Å²) in [6, 6.07) is 8.44. The molecular weight excluding hydrogens is 390 g/mol. The molecule has 4 aromatic rings. The van der Waals surface area contributed by atoms with E-state index < -0.39 is 0 Å². The highest BCUT2D eigenvalue weighted by molar-refractivity contribution is 5.73. The Morgan fingerprint density at radius 3 is 2.90 bits per heavy atom. The highest BCUT2D eigenvalue weighted by atomic mass is 16.5. The molecule has 31 heavy (non-hydrogen) atoms. The van der Waals surface area contributed by atoms with Gasteiger partial charge in [0.2, 0.25) is 0 Å². The van der Waals surface area contributed by atoms with Crippen molar-refractivity contribution in [1.29, 1.82) is 0 Å². The Morgan fingerprint density at radius 1 is 1.23 bits per heavy atom. The van der Waals surface area contributed by atoms with Gasteiger partial charge in [0.05, 0.1) is 30.9 Å². The number of aryl methyl sites for hydroxylation is 1. The Hall–Kier alpha value is -3.39. The molecule has 0 amide bonds. The molecule has 2 atom stereocenters. The van der Waals surface area contributed by atoms with E-state index in [0.29, 0.717) is 12.0 Å². The molecule has 0 aromatic carbocycles. The first-order chi connectivity index (χ1) is 15.2. The third-order valence-electron chi connectivity index (χ3n) is 6.05. The van der Waals surface area contributed by atoms with Crippen LogP contribution in [-0.2, 0) is 7.05 Å². The van der Waals surface area contributed by atoms with Gasteiger partial charge in [0.25, 0.3) is 0 Å². The van der Waals surface area contributed by atoms with Crippen LogP contribution in [0.5, 0.6) is 5.75 Å². The smallest absolute Gasteiger partial charge is 0.140 e. The number of pyridine rings is 2. The second-order valence-electron chi connectivity index (χ2n) is 8.02. The minimum absolute atomic E-state index is 0.399. The Morgan fingerprint density at radius 2 is 2.13 bits per heavy atom. The number of hydrogen-bond acceptors (Lipinski definition) is 6. The molecule has 4 aromatic heterocycles. The van der Waals surface area contributed by atoms with E-state index in [1.54, 1.807) is 11.8 Å². The summed E-state index contributed by atoms with van der Waals surface area (Å²) in [7, 11) is 3.58. The number of fused-ring (bicyclic) bond motifs is 1. The summed E-state index contributed by atoms with van der Waals surface area (Å²) in [5.74, 6) is 2.27. The number of ether oxygens (including phenoxy) is 1. The number of imidazole rings is 1. The second-order valence-corrected chi connectivity index (χ2v) is 8.02. The van der Waals surface area contributed by atoms with Crippen molar-refractivity contribution in [2.24, 2.45) is 13.0 Å². The molecule has 2 unspecified atom stereocenters. The molecule has 8 heteroatoms. The zero-order valence-corrected chi connectivity index (χ0v) is 18.0. The number of nitrogens with one attached hydrogen (secondary N) is 2. The summed E-state index contributed by atoms with van der Waals surface area (Å²) in [6.07, 6.45) is 8.87. The topological polar surface area (TPSA) is 81.3 Å². The first kappa shape index (κ1) is 19.6. The van der Waals surface area contributed by atoms with Crippen molar-refractivity contribution in [3.05, 3.63) is 49.1 Å². The molecule has 0 bridgehead atoms. The Labute approximate surface area is 181 Å². The fraction of sp³-hybridized carbons (Fsp3) is 0.348. The zero-order valence-electron chi connectivity index (χ0n) is 18.0. The maximum absolute atomic E-state index is 5.62. The van der Waals surface area contributed by atoms with Crippen molar-refractivity contribution >= 4 is 11.5 Å². The van der Waals surface area contributed by atoms with E-state index in [2.05, 4.69) is 32.0 Å². The Kier molecular flexibility index (Phi) is 5.07. The van der Waals surface area contributed by atoms with Gasteiger partial charge in [-0.15, -0.1) is 0 Å². The number of hydrogen-bond donors (Lipinski definition) is 2. The number of aromatic nitrogens is 5. The molecule has 1 aliphatic rings. The van der Waals surface area contributed by atoms with Crippen LogP contribution in [0.3, 0.4) is 0 Å². The molecule has 5 rings (SSSR count). The average molecular weight is 418 g/mol. The number of methoxy groups -OCH3 is 1. The van der Waals surface area contributed by atoms with Crippen LogP contribution in [-0.4, -0.2) is 50.4 Å². The van der Waals surface area contributed by atoms with E-state index in [1.807, 2.05) is 56.1 Å². The van der Waals surface area contributed by atoms with Gasteiger partial charge >= 0.3 is 0 Å². The molecule has 160 valence electrons. The highest BCUT2D eigenvalue weighted by Gasteiger charge is 2.25. The van der Waals surface area contributed by atoms with Crippen LogP contribution in [0.2, 0.25) is 0 Å². The lowest BCUT2D eigenvalue weighted by atomic mass is 10.0. The molecule has 1 aliphatic heterocycles. The van der Waals surface area contributed by atoms with Crippen LogP contribution >= 0.6 is 0 Å². The maximum Gasteiger partial charge on any atom is 0.140 e. The van der Waals surface area contributed by atoms with Crippen LogP contribution in [0.15, 0.2) is 49.1 Å². The van der Waals surface area contributed by atoms with Crippen LogP contribution in [0.25, 0.3) is 28.2 Å². The SMILES string of the molecule is CCC1CNCC1Nc1cccc(-c2cnc3cc(OC)c(-c4cnn(C)c4)cn23)n1. The summed E-state index contributed by atoms with van der Waals surface area (Å²) in [6.45, 7) is 4.26. The molecule has 1 saturated heterocycles. The predicted molar refractivity (Wildman–Crippen MR) is 121 cm³/mol. The molecular formula is C23H27N7O. The molecule has 0 aliphatic carbocycles. The second kappa shape index (κ2) is 8.03. The Balaban J connectivity index is 1.53. The van der Waals surface area contributed by atoms with E-state index in [9.17, 15) is 0 Å². The van der Waals surface area contributed by atoms with E-state index in [4.69, 9.17) is 9.72 Å². The van der Waals surface area contributed by atoms with Crippen LogP contribution < -0.4 is 15.4 Å². The van der Waals surface area contributed by atoms with Gasteiger partial charge in [-0.05, 0) is 18.1 Å². The largest absolute Gasteiger partial charge is 0.496 e. The van der Waals surface area contributed by atoms with E-state index in [1.165, 1.54) is 0 Å². The van der Waals surface area contributed by atoms with Crippen molar-refractivity contribution < 1.29 is 4.74 Å². The van der Waals surface area contributed by atoms with Gasteiger partial charge in [-0.1, -0.05) is 19.4 Å².